The van der Waals surface area contributed by atoms with Gasteiger partial charge in [-0.2, -0.15) is 0 Å². The first-order valence-electron chi connectivity index (χ1n) is 10.7. The Hall–Kier alpha value is -3.59. The summed E-state index contributed by atoms with van der Waals surface area (Å²) < 4.78 is 10.3. The lowest BCUT2D eigenvalue weighted by atomic mass is 9.77. The van der Waals surface area contributed by atoms with E-state index in [1.165, 1.54) is 20.3 Å². The first kappa shape index (κ1) is 22.6. The van der Waals surface area contributed by atoms with Crippen LogP contribution < -0.4 is 19.7 Å². The number of methoxy groups -OCH3 is 2. The van der Waals surface area contributed by atoms with E-state index in [1.807, 2.05) is 6.92 Å². The molecule has 9 heteroatoms. The van der Waals surface area contributed by atoms with Crippen molar-refractivity contribution in [3.63, 3.8) is 0 Å². The Balaban J connectivity index is 1.84. The molecule has 2 fully saturated rings. The van der Waals surface area contributed by atoms with Gasteiger partial charge in [0.25, 0.3) is 0 Å². The van der Waals surface area contributed by atoms with E-state index in [-0.39, 0.29) is 12.2 Å². The Morgan fingerprint density at radius 3 is 2.24 bits per heavy atom. The molecule has 33 heavy (non-hydrogen) atoms. The van der Waals surface area contributed by atoms with E-state index in [9.17, 15) is 24.6 Å². The van der Waals surface area contributed by atoms with Gasteiger partial charge in [0.1, 0.15) is 22.8 Å². The van der Waals surface area contributed by atoms with Crippen LogP contribution in [0.3, 0.4) is 0 Å². The van der Waals surface area contributed by atoms with Gasteiger partial charge in [-0.15, -0.1) is 0 Å². The number of aliphatic carboxylic acids is 1. The molecule has 2 aromatic carbocycles. The van der Waals surface area contributed by atoms with Crippen LogP contribution in [0, 0.1) is 11.8 Å². The Morgan fingerprint density at radius 2 is 1.70 bits per heavy atom. The molecule has 0 aromatic heterocycles. The number of aromatic hydroxyl groups is 1. The molecular weight excluding hydrogens is 428 g/mol. The maximum atomic E-state index is 13.6. The Kier molecular flexibility index (Phi) is 5.75. The number of hydrogen-bond donors (Lipinski definition) is 3. The lowest BCUT2D eigenvalue weighted by Crippen LogP contribution is -2.55. The predicted molar refractivity (Wildman–Crippen MR) is 118 cm³/mol. The Morgan fingerprint density at radius 1 is 1.06 bits per heavy atom. The zero-order valence-electron chi connectivity index (χ0n) is 18.6. The number of nitrogens with one attached hydrogen (secondary N) is 1. The minimum atomic E-state index is -1.65. The molecular formula is C24H26N2O7. The highest BCUT2D eigenvalue weighted by Crippen LogP contribution is 2.52. The second kappa shape index (κ2) is 8.40. The number of anilines is 1. The summed E-state index contributed by atoms with van der Waals surface area (Å²) in [6, 6.07) is 10.2. The number of amides is 2. The number of hydrogen-bond acceptors (Lipinski definition) is 7. The highest BCUT2D eigenvalue weighted by Gasteiger charge is 2.68. The molecule has 2 aliphatic rings. The Bertz CT molecular complexity index is 1100. The third kappa shape index (κ3) is 3.39. The number of ether oxygens (including phenoxy) is 2. The fourth-order valence-electron chi connectivity index (χ4n) is 5.10. The van der Waals surface area contributed by atoms with E-state index in [0.29, 0.717) is 29.2 Å². The number of benzene rings is 2. The summed E-state index contributed by atoms with van der Waals surface area (Å²) in [7, 11) is 2.97. The number of nitrogens with zero attached hydrogens (tertiary/aromatic N) is 1. The van der Waals surface area contributed by atoms with E-state index in [4.69, 9.17) is 9.47 Å². The van der Waals surface area contributed by atoms with Crippen LogP contribution in [0.2, 0.25) is 0 Å². The second-order valence-electron chi connectivity index (χ2n) is 8.29. The van der Waals surface area contributed by atoms with Crippen molar-refractivity contribution < 1.29 is 34.1 Å². The molecule has 4 atom stereocenters. The van der Waals surface area contributed by atoms with Crippen molar-refractivity contribution in [2.24, 2.45) is 11.8 Å². The van der Waals surface area contributed by atoms with Gasteiger partial charge in [0.2, 0.25) is 11.8 Å². The molecule has 2 heterocycles. The highest BCUT2D eigenvalue weighted by molar-refractivity contribution is 6.24. The lowest BCUT2D eigenvalue weighted by molar-refractivity contribution is -0.149. The predicted octanol–water partition coefficient (Wildman–Crippen LogP) is 2.48. The van der Waals surface area contributed by atoms with Crippen molar-refractivity contribution in [3.8, 4) is 17.2 Å². The second-order valence-corrected chi connectivity index (χ2v) is 8.29. The van der Waals surface area contributed by atoms with Crippen LogP contribution in [0.15, 0.2) is 42.5 Å². The molecule has 9 nitrogen and oxygen atoms in total. The first-order valence-corrected chi connectivity index (χ1v) is 10.7. The minimum absolute atomic E-state index is 0.145. The smallest absolute Gasteiger partial charge is 0.324 e. The number of carbonyl (C=O) groups is 3. The first-order chi connectivity index (χ1) is 15.8. The number of carboxylic acids is 1. The Labute approximate surface area is 190 Å². The summed E-state index contributed by atoms with van der Waals surface area (Å²) in [5.41, 5.74) is -0.971. The number of phenolic OH excluding ortho intramolecular Hbond substituents is 1. The van der Waals surface area contributed by atoms with Gasteiger partial charge >= 0.3 is 5.97 Å². The number of imide groups is 1. The van der Waals surface area contributed by atoms with Gasteiger partial charge in [-0.05, 0) is 36.8 Å². The topological polar surface area (TPSA) is 125 Å². The number of fused-ring (bicyclic) bond motifs is 1. The van der Waals surface area contributed by atoms with Crippen molar-refractivity contribution in [2.75, 3.05) is 19.1 Å². The van der Waals surface area contributed by atoms with Crippen molar-refractivity contribution in [3.05, 3.63) is 48.0 Å². The molecule has 174 valence electrons. The van der Waals surface area contributed by atoms with Crippen LogP contribution in [-0.2, 0) is 14.4 Å². The molecule has 2 saturated heterocycles. The van der Waals surface area contributed by atoms with Crippen LogP contribution in [0.1, 0.15) is 31.4 Å². The van der Waals surface area contributed by atoms with E-state index >= 15 is 0 Å². The van der Waals surface area contributed by atoms with E-state index in [2.05, 4.69) is 5.32 Å². The van der Waals surface area contributed by atoms with Crippen LogP contribution in [0.25, 0.3) is 0 Å². The lowest BCUT2D eigenvalue weighted by Gasteiger charge is -2.31. The SMILES string of the molecule is CCC[C@]1(C(=O)O)N[C@H](c2ccc(OC)cc2O)[C@@H]2C(=O)N(c3ccc(OC)cc3)C(=O)[C@@H]21. The molecule has 0 aliphatic carbocycles. The molecule has 2 aromatic rings. The zero-order valence-corrected chi connectivity index (χ0v) is 18.6. The summed E-state index contributed by atoms with van der Waals surface area (Å²) in [6.45, 7) is 1.82. The van der Waals surface area contributed by atoms with Crippen LogP contribution in [0.4, 0.5) is 5.69 Å². The van der Waals surface area contributed by atoms with E-state index in [0.717, 1.165) is 4.90 Å². The third-order valence-electron chi connectivity index (χ3n) is 6.58. The van der Waals surface area contributed by atoms with Gasteiger partial charge in [0.15, 0.2) is 0 Å². The van der Waals surface area contributed by atoms with Crippen molar-refractivity contribution in [1.29, 1.82) is 0 Å². The molecule has 4 rings (SSSR count). The van der Waals surface area contributed by atoms with Gasteiger partial charge in [0, 0.05) is 17.7 Å². The molecule has 2 aliphatic heterocycles. The number of phenols is 1. The third-order valence-corrected chi connectivity index (χ3v) is 6.58. The van der Waals surface area contributed by atoms with Crippen LogP contribution >= 0.6 is 0 Å². The fourth-order valence-corrected chi connectivity index (χ4v) is 5.10. The quantitative estimate of drug-likeness (QED) is 0.545. The van der Waals surface area contributed by atoms with E-state index in [1.54, 1.807) is 36.4 Å². The normalized spacial score (nSPS) is 26.4. The van der Waals surface area contributed by atoms with Crippen molar-refractivity contribution >= 4 is 23.5 Å². The summed E-state index contributed by atoms with van der Waals surface area (Å²) >= 11 is 0. The van der Waals surface area contributed by atoms with Crippen LogP contribution in [-0.4, -0.2) is 47.8 Å². The number of rotatable bonds is 7. The molecule has 0 radical (unpaired) electrons. The molecule has 0 bridgehead atoms. The standard InChI is InChI=1S/C24H26N2O7/c1-4-11-24(23(30)31)19-18(20(25-24)16-10-9-15(33-3)12-17(16)27)21(28)26(22(19)29)13-5-7-14(32-2)8-6-13/h5-10,12,18-20,25,27H,4,11H2,1-3H3,(H,30,31)/t18-,19-,20-,24+/m1/s1. The number of carboxylic acid groups (broad SMARTS) is 1. The monoisotopic (exact) mass is 454 g/mol. The molecule has 0 spiro atoms. The van der Waals surface area contributed by atoms with Crippen LogP contribution in [0.5, 0.6) is 17.2 Å². The summed E-state index contributed by atoms with van der Waals surface area (Å²) in [6.07, 6.45) is 0.625. The average molecular weight is 454 g/mol. The molecule has 3 N–H and O–H groups in total. The molecule has 2 amide bonds. The molecule has 0 unspecified atom stereocenters. The largest absolute Gasteiger partial charge is 0.507 e. The molecule has 0 saturated carbocycles. The van der Waals surface area contributed by atoms with Gasteiger partial charge < -0.3 is 19.7 Å². The van der Waals surface area contributed by atoms with Gasteiger partial charge in [0.05, 0.1) is 31.7 Å². The number of carbonyl (C=O) groups excluding carboxylic acids is 2. The maximum absolute atomic E-state index is 13.6. The zero-order chi connectivity index (χ0) is 23.9. The van der Waals surface area contributed by atoms with Gasteiger partial charge in [-0.25, -0.2) is 4.90 Å². The van der Waals surface area contributed by atoms with Gasteiger partial charge in [-0.1, -0.05) is 19.4 Å². The maximum Gasteiger partial charge on any atom is 0.324 e. The van der Waals surface area contributed by atoms with Crippen molar-refractivity contribution in [1.82, 2.24) is 5.32 Å². The van der Waals surface area contributed by atoms with E-state index < -0.39 is 41.2 Å². The minimum Gasteiger partial charge on any atom is -0.507 e. The highest BCUT2D eigenvalue weighted by atomic mass is 16.5. The average Bonchev–Trinajstić information content (AvgIpc) is 3.28. The van der Waals surface area contributed by atoms with Gasteiger partial charge in [-0.3, -0.25) is 19.7 Å². The van der Waals surface area contributed by atoms with Crippen molar-refractivity contribution in [2.45, 2.75) is 31.3 Å². The summed E-state index contributed by atoms with van der Waals surface area (Å²) in [5, 5.41) is 24.0. The summed E-state index contributed by atoms with van der Waals surface area (Å²) in [4.78, 5) is 40.8. The fraction of sp³-hybridized carbons (Fsp3) is 0.375. The summed E-state index contributed by atoms with van der Waals surface area (Å²) in [5.74, 6) is -3.59.